The molecule has 2 N–H and O–H groups in total. The van der Waals surface area contributed by atoms with Gasteiger partial charge in [-0.2, -0.15) is 4.31 Å². The van der Waals surface area contributed by atoms with Gasteiger partial charge in [0.2, 0.25) is 10.0 Å². The van der Waals surface area contributed by atoms with E-state index in [1.165, 1.54) is 0 Å². The monoisotopic (exact) mass is 315 g/mol. The van der Waals surface area contributed by atoms with E-state index in [1.54, 1.807) is 18.2 Å². The Labute approximate surface area is 126 Å². The van der Waals surface area contributed by atoms with Crippen molar-refractivity contribution in [1.29, 1.82) is 0 Å². The molecule has 0 aromatic carbocycles. The molecule has 1 aromatic rings. The number of rotatable bonds is 3. The van der Waals surface area contributed by atoms with Gasteiger partial charge in [-0.3, -0.25) is 0 Å². The number of hydrogen-bond donors (Lipinski definition) is 1. The van der Waals surface area contributed by atoms with E-state index in [0.717, 1.165) is 19.5 Å². The van der Waals surface area contributed by atoms with Crippen LogP contribution in [-0.4, -0.2) is 50.3 Å². The Bertz CT molecular complexity index is 609. The quantitative estimate of drug-likeness (QED) is 0.902. The number of nitrogens with two attached hydrogens (primary N) is 1. The highest BCUT2D eigenvalue weighted by molar-refractivity contribution is 7.89. The molecule has 2 heterocycles. The van der Waals surface area contributed by atoms with Crippen LogP contribution in [0.2, 0.25) is 0 Å². The van der Waals surface area contributed by atoms with E-state index in [9.17, 15) is 8.42 Å². The highest BCUT2D eigenvalue weighted by Crippen LogP contribution is 2.30. The molecule has 1 atom stereocenters. The number of nitrogens with zero attached hydrogens (tertiary/aromatic N) is 2. The fourth-order valence-corrected chi connectivity index (χ4v) is 5.20. The van der Waals surface area contributed by atoms with Crippen LogP contribution in [0.1, 0.15) is 30.4 Å². The molecule has 120 valence electrons. The topological polar surface area (TPSA) is 79.8 Å². The van der Waals surface area contributed by atoms with Gasteiger partial charge in [-0.05, 0) is 40.8 Å². The molecule has 1 aliphatic heterocycles. The van der Waals surface area contributed by atoms with E-state index in [-0.39, 0.29) is 17.5 Å². The Kier molecular flexibility index (Phi) is 4.77. The molecule has 0 amide bonds. The minimum absolute atomic E-state index is 0.0669. The molecule has 6 nitrogen and oxygen atoms in total. The number of likely N-dealkylation sites (N-methyl/N-ethyl adjacent to an activating group) is 1. The Balaban J connectivity index is 2.46. The maximum Gasteiger partial charge on any atom is 0.247 e. The average molecular weight is 315 g/mol. The summed E-state index contributed by atoms with van der Waals surface area (Å²) in [6.07, 6.45) is 0.827. The first-order chi connectivity index (χ1) is 9.78. The zero-order valence-electron chi connectivity index (χ0n) is 13.2. The van der Waals surface area contributed by atoms with E-state index < -0.39 is 10.0 Å². The van der Waals surface area contributed by atoms with Crippen molar-refractivity contribution >= 4 is 10.0 Å². The highest BCUT2D eigenvalue weighted by atomic mass is 32.2. The second-order valence-electron chi connectivity index (χ2n) is 5.81. The second-order valence-corrected chi connectivity index (χ2v) is 7.63. The number of aryl methyl sites for hydroxylation is 2. The van der Waals surface area contributed by atoms with E-state index in [2.05, 4.69) is 4.90 Å². The smallest absolute Gasteiger partial charge is 0.247 e. The minimum atomic E-state index is -3.58. The molecule has 1 fully saturated rings. The van der Waals surface area contributed by atoms with Gasteiger partial charge in [-0.25, -0.2) is 8.42 Å². The number of furan rings is 1. The fraction of sp³-hybridized carbons (Fsp3) is 0.714. The normalized spacial score (nSPS) is 22.4. The predicted molar refractivity (Wildman–Crippen MR) is 81.5 cm³/mol. The van der Waals surface area contributed by atoms with Crippen LogP contribution in [0.4, 0.5) is 0 Å². The van der Waals surface area contributed by atoms with Crippen LogP contribution in [0.3, 0.4) is 0 Å². The summed E-state index contributed by atoms with van der Waals surface area (Å²) in [6.45, 7) is 7.73. The van der Waals surface area contributed by atoms with Crippen molar-refractivity contribution < 1.29 is 12.8 Å². The summed E-state index contributed by atoms with van der Waals surface area (Å²) in [6, 6.07) is -0.0669. The maximum atomic E-state index is 13.1. The largest absolute Gasteiger partial charge is 0.465 e. The molecule has 0 saturated carbocycles. The summed E-state index contributed by atoms with van der Waals surface area (Å²) < 4.78 is 33.2. The number of sulfonamides is 1. The Morgan fingerprint density at radius 3 is 2.57 bits per heavy atom. The van der Waals surface area contributed by atoms with E-state index in [0.29, 0.717) is 23.6 Å². The predicted octanol–water partition coefficient (Wildman–Crippen LogP) is 1.07. The van der Waals surface area contributed by atoms with Crippen molar-refractivity contribution in [2.75, 3.05) is 26.7 Å². The lowest BCUT2D eigenvalue weighted by molar-refractivity contribution is 0.290. The summed E-state index contributed by atoms with van der Waals surface area (Å²) >= 11 is 0. The van der Waals surface area contributed by atoms with Gasteiger partial charge < -0.3 is 15.1 Å². The van der Waals surface area contributed by atoms with Gasteiger partial charge >= 0.3 is 0 Å². The van der Waals surface area contributed by atoms with Gasteiger partial charge in [0.05, 0.1) is 0 Å². The summed E-state index contributed by atoms with van der Waals surface area (Å²) in [5.41, 5.74) is 6.32. The Morgan fingerprint density at radius 1 is 1.29 bits per heavy atom. The molecule has 21 heavy (non-hydrogen) atoms. The van der Waals surface area contributed by atoms with Gasteiger partial charge in [0, 0.05) is 31.2 Å². The molecule has 0 aliphatic carbocycles. The fourth-order valence-electron chi connectivity index (χ4n) is 3.11. The Morgan fingerprint density at radius 2 is 1.95 bits per heavy atom. The molecule has 0 spiro atoms. The Hall–Kier alpha value is -0.890. The van der Waals surface area contributed by atoms with Gasteiger partial charge in [0.15, 0.2) is 0 Å². The SMILES string of the molecule is Cc1oc(C)c(S(=O)(=O)N2CCCN(C)CC2C)c1CN. The summed E-state index contributed by atoms with van der Waals surface area (Å²) in [5, 5.41) is 0. The van der Waals surface area contributed by atoms with Gasteiger partial charge in [0.25, 0.3) is 0 Å². The molecule has 0 radical (unpaired) electrons. The first-order valence-corrected chi connectivity index (χ1v) is 8.72. The van der Waals surface area contributed by atoms with Gasteiger partial charge in [0.1, 0.15) is 16.4 Å². The van der Waals surface area contributed by atoms with Crippen molar-refractivity contribution in [2.24, 2.45) is 5.73 Å². The summed E-state index contributed by atoms with van der Waals surface area (Å²) in [7, 11) is -1.56. The van der Waals surface area contributed by atoms with Crippen molar-refractivity contribution in [2.45, 2.75) is 44.7 Å². The van der Waals surface area contributed by atoms with Gasteiger partial charge in [-0.1, -0.05) is 0 Å². The molecular formula is C14H25N3O3S. The third-order valence-electron chi connectivity index (χ3n) is 4.08. The molecule has 1 aromatic heterocycles. The lowest BCUT2D eigenvalue weighted by atomic mass is 10.2. The lowest BCUT2D eigenvalue weighted by Crippen LogP contribution is -2.42. The van der Waals surface area contributed by atoms with Crippen molar-refractivity contribution in [3.63, 3.8) is 0 Å². The van der Waals surface area contributed by atoms with Crippen LogP contribution >= 0.6 is 0 Å². The van der Waals surface area contributed by atoms with Crippen molar-refractivity contribution in [1.82, 2.24) is 9.21 Å². The zero-order chi connectivity index (χ0) is 15.8. The molecule has 2 rings (SSSR count). The molecule has 1 aliphatic rings. The van der Waals surface area contributed by atoms with E-state index >= 15 is 0 Å². The van der Waals surface area contributed by atoms with Crippen LogP contribution in [0.5, 0.6) is 0 Å². The third-order valence-corrected chi connectivity index (χ3v) is 6.29. The molecule has 7 heteroatoms. The number of hydrogen-bond acceptors (Lipinski definition) is 5. The van der Waals surface area contributed by atoms with Crippen molar-refractivity contribution in [3.05, 3.63) is 17.1 Å². The second kappa shape index (κ2) is 6.08. The summed E-state index contributed by atoms with van der Waals surface area (Å²) in [4.78, 5) is 2.43. The molecule has 0 bridgehead atoms. The maximum absolute atomic E-state index is 13.1. The standard InChI is InChI=1S/C14H25N3O3S/c1-10-9-16(4)6-5-7-17(10)21(18,19)14-12(3)20-11(2)13(14)8-15/h10H,5-9,15H2,1-4H3. The van der Waals surface area contributed by atoms with Crippen molar-refractivity contribution in [3.8, 4) is 0 Å². The lowest BCUT2D eigenvalue weighted by Gasteiger charge is -2.27. The highest BCUT2D eigenvalue weighted by Gasteiger charge is 2.35. The van der Waals surface area contributed by atoms with Crippen LogP contribution in [0.15, 0.2) is 9.31 Å². The molecule has 1 saturated heterocycles. The summed E-state index contributed by atoms with van der Waals surface area (Å²) in [5.74, 6) is 1.02. The van der Waals surface area contributed by atoms with Crippen LogP contribution in [0.25, 0.3) is 0 Å². The first-order valence-electron chi connectivity index (χ1n) is 7.28. The van der Waals surface area contributed by atoms with Crippen LogP contribution in [-0.2, 0) is 16.6 Å². The molecule has 1 unspecified atom stereocenters. The van der Waals surface area contributed by atoms with E-state index in [1.807, 2.05) is 14.0 Å². The third kappa shape index (κ3) is 3.01. The van der Waals surface area contributed by atoms with E-state index in [4.69, 9.17) is 10.2 Å². The zero-order valence-corrected chi connectivity index (χ0v) is 14.0. The average Bonchev–Trinajstić information content (AvgIpc) is 2.56. The van der Waals surface area contributed by atoms with Crippen LogP contribution < -0.4 is 5.73 Å². The minimum Gasteiger partial charge on any atom is -0.465 e. The van der Waals surface area contributed by atoms with Crippen LogP contribution in [0, 0.1) is 13.8 Å². The van der Waals surface area contributed by atoms with Gasteiger partial charge in [-0.15, -0.1) is 0 Å². The first kappa shape index (κ1) is 16.5. The molecular weight excluding hydrogens is 290 g/mol.